The van der Waals surface area contributed by atoms with E-state index in [1.54, 1.807) is 0 Å². The van der Waals surface area contributed by atoms with Crippen molar-refractivity contribution in [2.75, 3.05) is 26.2 Å². The second-order valence-electron chi connectivity index (χ2n) is 4.42. The molecule has 0 aromatic heterocycles. The third kappa shape index (κ3) is 3.18. The van der Waals surface area contributed by atoms with Crippen molar-refractivity contribution in [3.8, 4) is 0 Å². The molecule has 2 rings (SSSR count). The highest BCUT2D eigenvalue weighted by molar-refractivity contribution is 5.78. The number of carbonyl (C=O) groups is 1. The lowest BCUT2D eigenvalue weighted by Crippen LogP contribution is -2.42. The van der Waals surface area contributed by atoms with Crippen LogP contribution in [0.5, 0.6) is 0 Å². The van der Waals surface area contributed by atoms with Gasteiger partial charge in [0.05, 0.1) is 12.0 Å². The summed E-state index contributed by atoms with van der Waals surface area (Å²) >= 11 is 0. The molecule has 2 saturated heterocycles. The minimum atomic E-state index is 0.167. The normalized spacial score (nSPS) is 31.5. The molecule has 0 aromatic carbocycles. The number of ether oxygens (including phenoxy) is 1. The second-order valence-corrected chi connectivity index (χ2v) is 4.42. The number of hydrogen-bond acceptors (Lipinski definition) is 3. The Morgan fingerprint density at radius 3 is 3.00 bits per heavy atom. The summed E-state index contributed by atoms with van der Waals surface area (Å²) in [6.45, 7) is 3.42. The zero-order valence-corrected chi connectivity index (χ0v) is 9.13. The van der Waals surface area contributed by atoms with Crippen molar-refractivity contribution >= 4 is 5.91 Å². The molecule has 4 heteroatoms. The van der Waals surface area contributed by atoms with Gasteiger partial charge in [0.2, 0.25) is 5.91 Å². The standard InChI is InChI=1S/C11H20N2O2/c14-11(9-3-1-5-12-7-9)13-8-10-4-2-6-15-10/h9-10,12H,1-8H2,(H,13,14)/t9-,10-/m1/s1. The van der Waals surface area contributed by atoms with Gasteiger partial charge in [0.25, 0.3) is 0 Å². The van der Waals surface area contributed by atoms with Crippen LogP contribution in [0.3, 0.4) is 0 Å². The maximum absolute atomic E-state index is 11.7. The molecule has 0 saturated carbocycles. The van der Waals surface area contributed by atoms with Gasteiger partial charge in [-0.15, -0.1) is 0 Å². The van der Waals surface area contributed by atoms with Crippen LogP contribution in [-0.2, 0) is 9.53 Å². The maximum atomic E-state index is 11.7. The van der Waals surface area contributed by atoms with Crippen molar-refractivity contribution in [1.82, 2.24) is 10.6 Å². The molecule has 0 aliphatic carbocycles. The number of nitrogens with one attached hydrogen (secondary N) is 2. The van der Waals surface area contributed by atoms with Crippen molar-refractivity contribution in [1.29, 1.82) is 0 Å². The van der Waals surface area contributed by atoms with Gasteiger partial charge in [-0.05, 0) is 32.2 Å². The molecule has 0 spiro atoms. The summed E-state index contributed by atoms with van der Waals surface area (Å²) in [4.78, 5) is 11.7. The third-order valence-corrected chi connectivity index (χ3v) is 3.20. The average molecular weight is 212 g/mol. The molecule has 0 aromatic rings. The predicted molar refractivity (Wildman–Crippen MR) is 57.6 cm³/mol. The minimum Gasteiger partial charge on any atom is -0.376 e. The van der Waals surface area contributed by atoms with Crippen LogP contribution >= 0.6 is 0 Å². The number of carbonyl (C=O) groups excluding carboxylic acids is 1. The molecule has 2 atom stereocenters. The highest BCUT2D eigenvalue weighted by atomic mass is 16.5. The summed E-state index contributed by atoms with van der Waals surface area (Å²) in [6, 6.07) is 0. The van der Waals surface area contributed by atoms with Gasteiger partial charge in [-0.25, -0.2) is 0 Å². The van der Waals surface area contributed by atoms with E-state index >= 15 is 0 Å². The Hall–Kier alpha value is -0.610. The van der Waals surface area contributed by atoms with E-state index in [2.05, 4.69) is 10.6 Å². The smallest absolute Gasteiger partial charge is 0.224 e. The lowest BCUT2D eigenvalue weighted by molar-refractivity contribution is -0.126. The zero-order valence-electron chi connectivity index (χ0n) is 9.13. The minimum absolute atomic E-state index is 0.167. The van der Waals surface area contributed by atoms with E-state index in [0.29, 0.717) is 6.54 Å². The monoisotopic (exact) mass is 212 g/mol. The van der Waals surface area contributed by atoms with Crippen LogP contribution in [0.15, 0.2) is 0 Å². The first kappa shape index (κ1) is 10.9. The highest BCUT2D eigenvalue weighted by Crippen LogP contribution is 2.12. The van der Waals surface area contributed by atoms with Gasteiger partial charge < -0.3 is 15.4 Å². The lowest BCUT2D eigenvalue weighted by atomic mass is 9.99. The van der Waals surface area contributed by atoms with Crippen LogP contribution in [-0.4, -0.2) is 38.3 Å². The van der Waals surface area contributed by atoms with Crippen LogP contribution in [0.4, 0.5) is 0 Å². The predicted octanol–water partition coefficient (Wildman–Crippen LogP) is 0.281. The van der Waals surface area contributed by atoms with Crippen LogP contribution in [0.1, 0.15) is 25.7 Å². The zero-order chi connectivity index (χ0) is 10.5. The SMILES string of the molecule is O=C(NC[C@H]1CCCO1)[C@@H]1CCCNC1. The van der Waals surface area contributed by atoms with Gasteiger partial charge >= 0.3 is 0 Å². The third-order valence-electron chi connectivity index (χ3n) is 3.20. The second kappa shape index (κ2) is 5.47. The van der Waals surface area contributed by atoms with E-state index in [-0.39, 0.29) is 17.9 Å². The van der Waals surface area contributed by atoms with Gasteiger partial charge in [0.1, 0.15) is 0 Å². The molecule has 0 radical (unpaired) electrons. The van der Waals surface area contributed by atoms with Gasteiger partial charge in [-0.1, -0.05) is 0 Å². The molecule has 2 heterocycles. The Kier molecular flexibility index (Phi) is 3.97. The summed E-state index contributed by atoms with van der Waals surface area (Å²) in [5, 5.41) is 6.24. The van der Waals surface area contributed by atoms with Gasteiger partial charge in [-0.3, -0.25) is 4.79 Å². The molecule has 2 aliphatic heterocycles. The summed E-state index contributed by atoms with van der Waals surface area (Å²) in [5.74, 6) is 0.359. The molecule has 2 fully saturated rings. The first-order valence-corrected chi connectivity index (χ1v) is 5.96. The van der Waals surface area contributed by atoms with Crippen molar-refractivity contribution in [3.63, 3.8) is 0 Å². The van der Waals surface area contributed by atoms with E-state index < -0.39 is 0 Å². The molecular weight excluding hydrogens is 192 g/mol. The molecule has 4 nitrogen and oxygen atoms in total. The van der Waals surface area contributed by atoms with Crippen molar-refractivity contribution in [2.45, 2.75) is 31.8 Å². The number of piperidine rings is 1. The summed E-state index contributed by atoms with van der Waals surface area (Å²) in [7, 11) is 0. The number of amides is 1. The lowest BCUT2D eigenvalue weighted by Gasteiger charge is -2.22. The fraction of sp³-hybridized carbons (Fsp3) is 0.909. The molecule has 1 amide bonds. The van der Waals surface area contributed by atoms with Gasteiger partial charge in [0, 0.05) is 19.7 Å². The average Bonchev–Trinajstić information content (AvgIpc) is 2.80. The van der Waals surface area contributed by atoms with Crippen molar-refractivity contribution in [2.24, 2.45) is 5.92 Å². The van der Waals surface area contributed by atoms with Crippen molar-refractivity contribution in [3.05, 3.63) is 0 Å². The molecule has 0 bridgehead atoms. The largest absolute Gasteiger partial charge is 0.376 e. The van der Waals surface area contributed by atoms with Gasteiger partial charge in [-0.2, -0.15) is 0 Å². The van der Waals surface area contributed by atoms with E-state index in [1.807, 2.05) is 0 Å². The van der Waals surface area contributed by atoms with E-state index in [9.17, 15) is 4.79 Å². The van der Waals surface area contributed by atoms with Crippen LogP contribution in [0, 0.1) is 5.92 Å². The summed E-state index contributed by atoms with van der Waals surface area (Å²) < 4.78 is 5.46. The Morgan fingerprint density at radius 2 is 2.33 bits per heavy atom. The summed E-state index contributed by atoms with van der Waals surface area (Å²) in [6.07, 6.45) is 4.60. The Labute approximate surface area is 90.8 Å². The molecule has 86 valence electrons. The fourth-order valence-corrected chi connectivity index (χ4v) is 2.24. The van der Waals surface area contributed by atoms with Gasteiger partial charge in [0.15, 0.2) is 0 Å². The highest BCUT2D eigenvalue weighted by Gasteiger charge is 2.22. The Bertz CT molecular complexity index is 209. The molecule has 0 unspecified atom stereocenters. The Balaban J connectivity index is 1.66. The number of rotatable bonds is 3. The van der Waals surface area contributed by atoms with Crippen LogP contribution < -0.4 is 10.6 Å². The molecular formula is C11H20N2O2. The van der Waals surface area contributed by atoms with E-state index in [1.165, 1.54) is 0 Å². The maximum Gasteiger partial charge on any atom is 0.224 e. The molecule has 15 heavy (non-hydrogen) atoms. The summed E-state index contributed by atoms with van der Waals surface area (Å²) in [5.41, 5.74) is 0. The molecule has 2 aliphatic rings. The topological polar surface area (TPSA) is 50.4 Å². The Morgan fingerprint density at radius 1 is 1.40 bits per heavy atom. The first-order valence-electron chi connectivity index (χ1n) is 5.96. The quantitative estimate of drug-likeness (QED) is 0.706. The van der Waals surface area contributed by atoms with Crippen LogP contribution in [0.2, 0.25) is 0 Å². The van der Waals surface area contributed by atoms with Crippen molar-refractivity contribution < 1.29 is 9.53 Å². The van der Waals surface area contributed by atoms with E-state index in [4.69, 9.17) is 4.74 Å². The molecule has 2 N–H and O–H groups in total. The first-order chi connectivity index (χ1) is 7.36. The fourth-order valence-electron chi connectivity index (χ4n) is 2.24. The van der Waals surface area contributed by atoms with E-state index in [0.717, 1.165) is 45.4 Å². The number of hydrogen-bond donors (Lipinski definition) is 2. The van der Waals surface area contributed by atoms with Crippen LogP contribution in [0.25, 0.3) is 0 Å².